The van der Waals surface area contributed by atoms with Crippen LogP contribution in [0.1, 0.15) is 50.4 Å². The van der Waals surface area contributed by atoms with Gasteiger partial charge in [-0.1, -0.05) is 25.1 Å². The molecule has 0 spiro atoms. The molecule has 1 aliphatic rings. The van der Waals surface area contributed by atoms with Crippen molar-refractivity contribution in [1.82, 2.24) is 29.2 Å². The van der Waals surface area contributed by atoms with Gasteiger partial charge in [-0.3, -0.25) is 9.30 Å². The molecule has 0 saturated carbocycles. The second kappa shape index (κ2) is 6.44. The molecule has 132 valence electrons. The minimum atomic E-state index is -0.104. The van der Waals surface area contributed by atoms with Gasteiger partial charge in [-0.25, -0.2) is 9.48 Å². The van der Waals surface area contributed by atoms with Crippen molar-refractivity contribution in [1.29, 1.82) is 0 Å². The van der Waals surface area contributed by atoms with Gasteiger partial charge in [0.2, 0.25) is 5.89 Å². The zero-order valence-corrected chi connectivity index (χ0v) is 14.5. The second-order valence-electron chi connectivity index (χ2n) is 6.77. The van der Waals surface area contributed by atoms with Crippen molar-refractivity contribution in [3.63, 3.8) is 0 Å². The summed E-state index contributed by atoms with van der Waals surface area (Å²) in [5.74, 6) is 1.66. The lowest BCUT2D eigenvalue weighted by atomic mass is 10.2. The van der Waals surface area contributed by atoms with Crippen molar-refractivity contribution in [3.05, 3.63) is 46.6 Å². The van der Waals surface area contributed by atoms with Gasteiger partial charge in [0.15, 0.2) is 11.5 Å². The molecule has 0 aromatic carbocycles. The Morgan fingerprint density at radius 2 is 2.20 bits per heavy atom. The average Bonchev–Trinajstić information content (AvgIpc) is 3.31. The van der Waals surface area contributed by atoms with Gasteiger partial charge in [-0.2, -0.15) is 4.98 Å². The molecule has 1 atom stereocenters. The van der Waals surface area contributed by atoms with Gasteiger partial charge in [-0.05, 0) is 31.5 Å². The Balaban J connectivity index is 1.49. The van der Waals surface area contributed by atoms with Crippen molar-refractivity contribution in [2.24, 2.45) is 0 Å². The molecule has 3 aromatic rings. The molecule has 0 bridgehead atoms. The number of aromatic nitrogens is 5. The molecule has 4 heterocycles. The van der Waals surface area contributed by atoms with E-state index in [2.05, 4.69) is 20.1 Å². The maximum absolute atomic E-state index is 12.4. The zero-order chi connectivity index (χ0) is 17.4. The van der Waals surface area contributed by atoms with Crippen molar-refractivity contribution in [2.75, 3.05) is 13.1 Å². The molecule has 1 aliphatic heterocycles. The molecule has 4 rings (SSSR count). The number of fused-ring (bicyclic) bond motifs is 1. The molecule has 1 fully saturated rings. The van der Waals surface area contributed by atoms with E-state index in [0.717, 1.165) is 31.8 Å². The molecular formula is C17H22N6O2. The summed E-state index contributed by atoms with van der Waals surface area (Å²) in [4.78, 5) is 19.2. The highest BCUT2D eigenvalue weighted by Gasteiger charge is 2.30. The third-order valence-corrected chi connectivity index (χ3v) is 4.70. The van der Waals surface area contributed by atoms with Crippen LogP contribution in [-0.4, -0.2) is 42.3 Å². The summed E-state index contributed by atoms with van der Waals surface area (Å²) in [7, 11) is 0. The fraction of sp³-hybridized carbons (Fsp3) is 0.529. The molecule has 8 heteroatoms. The van der Waals surface area contributed by atoms with Crippen molar-refractivity contribution >= 4 is 5.65 Å². The van der Waals surface area contributed by atoms with Crippen molar-refractivity contribution < 1.29 is 4.52 Å². The predicted molar refractivity (Wildman–Crippen MR) is 91.4 cm³/mol. The van der Waals surface area contributed by atoms with Crippen LogP contribution in [0, 0.1) is 0 Å². The van der Waals surface area contributed by atoms with Crippen LogP contribution >= 0.6 is 0 Å². The van der Waals surface area contributed by atoms with E-state index in [1.165, 1.54) is 4.68 Å². The van der Waals surface area contributed by atoms with Gasteiger partial charge in [0.25, 0.3) is 0 Å². The van der Waals surface area contributed by atoms with Crippen LogP contribution in [0.2, 0.25) is 0 Å². The molecule has 0 amide bonds. The SMILES string of the molecule is CC(C)c1nc([C@H]2CCCN2CCn2nc3ccccn3c2=O)no1. The van der Waals surface area contributed by atoms with E-state index >= 15 is 0 Å². The summed E-state index contributed by atoms with van der Waals surface area (Å²) < 4.78 is 8.44. The van der Waals surface area contributed by atoms with Crippen LogP contribution in [-0.2, 0) is 6.54 Å². The normalized spacial score (nSPS) is 18.6. The first-order chi connectivity index (χ1) is 12.1. The minimum Gasteiger partial charge on any atom is -0.339 e. The van der Waals surface area contributed by atoms with E-state index in [1.54, 1.807) is 10.6 Å². The fourth-order valence-electron chi connectivity index (χ4n) is 3.34. The lowest BCUT2D eigenvalue weighted by molar-refractivity contribution is 0.229. The Morgan fingerprint density at radius 3 is 2.96 bits per heavy atom. The van der Waals surface area contributed by atoms with E-state index in [-0.39, 0.29) is 17.6 Å². The Hall–Kier alpha value is -2.48. The monoisotopic (exact) mass is 342 g/mol. The Bertz CT molecular complexity index is 925. The summed E-state index contributed by atoms with van der Waals surface area (Å²) in [6, 6.07) is 5.71. The van der Waals surface area contributed by atoms with Crippen LogP contribution in [0.3, 0.4) is 0 Å². The molecule has 8 nitrogen and oxygen atoms in total. The molecule has 1 saturated heterocycles. The molecule has 0 radical (unpaired) electrons. The molecule has 25 heavy (non-hydrogen) atoms. The van der Waals surface area contributed by atoms with Gasteiger partial charge >= 0.3 is 5.69 Å². The largest absolute Gasteiger partial charge is 0.350 e. The van der Waals surface area contributed by atoms with E-state index in [1.807, 2.05) is 32.0 Å². The van der Waals surface area contributed by atoms with Crippen LogP contribution in [0.5, 0.6) is 0 Å². The van der Waals surface area contributed by atoms with E-state index in [0.29, 0.717) is 18.1 Å². The third kappa shape index (κ3) is 2.97. The number of rotatable bonds is 5. The van der Waals surface area contributed by atoms with Crippen LogP contribution in [0.4, 0.5) is 0 Å². The molecule has 0 unspecified atom stereocenters. The summed E-state index contributed by atoms with van der Waals surface area (Å²) in [5, 5.41) is 8.55. The quantitative estimate of drug-likeness (QED) is 0.704. The Kier molecular flexibility index (Phi) is 4.12. The summed E-state index contributed by atoms with van der Waals surface area (Å²) in [6.45, 7) is 6.34. The highest BCUT2D eigenvalue weighted by molar-refractivity contribution is 5.35. The third-order valence-electron chi connectivity index (χ3n) is 4.70. The predicted octanol–water partition coefficient (Wildman–Crippen LogP) is 1.84. The molecule has 0 aliphatic carbocycles. The summed E-state index contributed by atoms with van der Waals surface area (Å²) in [5.41, 5.74) is 0.568. The van der Waals surface area contributed by atoms with E-state index in [4.69, 9.17) is 4.52 Å². The average molecular weight is 342 g/mol. The summed E-state index contributed by atoms with van der Waals surface area (Å²) >= 11 is 0. The second-order valence-corrected chi connectivity index (χ2v) is 6.77. The lowest BCUT2D eigenvalue weighted by Crippen LogP contribution is -2.31. The maximum Gasteiger partial charge on any atom is 0.350 e. The van der Waals surface area contributed by atoms with Crippen molar-refractivity contribution in [2.45, 2.75) is 45.2 Å². The fourth-order valence-corrected chi connectivity index (χ4v) is 3.34. The van der Waals surface area contributed by atoms with Crippen molar-refractivity contribution in [3.8, 4) is 0 Å². The maximum atomic E-state index is 12.4. The van der Waals surface area contributed by atoms with Gasteiger partial charge in [-0.15, -0.1) is 5.10 Å². The highest BCUT2D eigenvalue weighted by Crippen LogP contribution is 2.30. The molecule has 3 aromatic heterocycles. The topological polar surface area (TPSA) is 81.5 Å². The molecule has 0 N–H and O–H groups in total. The first-order valence-corrected chi connectivity index (χ1v) is 8.75. The summed E-state index contributed by atoms with van der Waals surface area (Å²) in [6.07, 6.45) is 3.85. The van der Waals surface area contributed by atoms with Crippen LogP contribution in [0.15, 0.2) is 33.7 Å². The lowest BCUT2D eigenvalue weighted by Gasteiger charge is -2.21. The number of hydrogen-bond acceptors (Lipinski definition) is 6. The first-order valence-electron chi connectivity index (χ1n) is 8.75. The number of pyridine rings is 1. The van der Waals surface area contributed by atoms with E-state index < -0.39 is 0 Å². The van der Waals surface area contributed by atoms with Gasteiger partial charge in [0, 0.05) is 18.7 Å². The number of hydrogen-bond donors (Lipinski definition) is 0. The highest BCUT2D eigenvalue weighted by atomic mass is 16.5. The number of likely N-dealkylation sites (tertiary alicyclic amines) is 1. The standard InChI is InChI=1S/C17H22N6O2/c1-12(2)16-18-15(20-25-16)13-6-5-8-21(13)10-11-23-17(24)22-9-4-3-7-14(22)19-23/h3-4,7,9,12-13H,5-6,8,10-11H2,1-2H3/t13-/m1/s1. The Morgan fingerprint density at radius 1 is 1.32 bits per heavy atom. The smallest absolute Gasteiger partial charge is 0.339 e. The minimum absolute atomic E-state index is 0.104. The van der Waals surface area contributed by atoms with Crippen LogP contribution < -0.4 is 5.69 Å². The number of nitrogens with zero attached hydrogens (tertiary/aromatic N) is 6. The first kappa shape index (κ1) is 16.0. The zero-order valence-electron chi connectivity index (χ0n) is 14.5. The Labute approximate surface area is 145 Å². The van der Waals surface area contributed by atoms with E-state index in [9.17, 15) is 4.79 Å². The van der Waals surface area contributed by atoms with Gasteiger partial charge in [0.1, 0.15) is 0 Å². The van der Waals surface area contributed by atoms with Gasteiger partial charge < -0.3 is 4.52 Å². The van der Waals surface area contributed by atoms with Gasteiger partial charge in [0.05, 0.1) is 12.6 Å². The molecular weight excluding hydrogens is 320 g/mol. The van der Waals surface area contributed by atoms with Crippen LogP contribution in [0.25, 0.3) is 5.65 Å².